The van der Waals surface area contributed by atoms with Crippen LogP contribution in [0, 0.1) is 0 Å². The minimum Gasteiger partial charge on any atom is -0.494 e. The van der Waals surface area contributed by atoms with Gasteiger partial charge in [-0.25, -0.2) is 0 Å². The highest BCUT2D eigenvalue weighted by molar-refractivity contribution is 6.04. The summed E-state index contributed by atoms with van der Waals surface area (Å²) >= 11 is 0. The molecular formula is C20H20F3NO2. The van der Waals surface area contributed by atoms with E-state index in [0.29, 0.717) is 23.6 Å². The Balaban J connectivity index is 1.88. The minimum atomic E-state index is -4.36. The molecule has 138 valence electrons. The van der Waals surface area contributed by atoms with Crippen molar-refractivity contribution in [1.29, 1.82) is 0 Å². The molecule has 0 aliphatic carbocycles. The van der Waals surface area contributed by atoms with Gasteiger partial charge in [-0.1, -0.05) is 13.3 Å². The van der Waals surface area contributed by atoms with E-state index in [1.54, 1.807) is 24.3 Å². The van der Waals surface area contributed by atoms with Crippen molar-refractivity contribution >= 4 is 11.5 Å². The number of carbonyl (C=O) groups is 1. The quantitative estimate of drug-likeness (QED) is 0.372. The van der Waals surface area contributed by atoms with Crippen molar-refractivity contribution in [3.63, 3.8) is 0 Å². The van der Waals surface area contributed by atoms with E-state index < -0.39 is 11.7 Å². The fourth-order valence-electron chi connectivity index (χ4n) is 2.12. The molecule has 6 heteroatoms. The number of halogens is 3. The normalized spacial score (nSPS) is 11.5. The highest BCUT2D eigenvalue weighted by Gasteiger charge is 2.29. The van der Waals surface area contributed by atoms with Crippen LogP contribution in [0.4, 0.5) is 18.9 Å². The standard InChI is InChI=1S/C20H20F3NO2/c1-2-3-14-26-18-10-4-15(5-11-18)19(25)12-13-24-17-8-6-16(7-9-17)20(21,22)23/h4-13,24H,2-3,14H2,1H3/b13-12+. The second kappa shape index (κ2) is 9.08. The van der Waals surface area contributed by atoms with Gasteiger partial charge in [0.1, 0.15) is 5.75 Å². The fraction of sp³-hybridized carbons (Fsp3) is 0.250. The molecular weight excluding hydrogens is 343 g/mol. The maximum absolute atomic E-state index is 12.5. The Bertz CT molecular complexity index is 735. The van der Waals surface area contributed by atoms with Crippen LogP contribution >= 0.6 is 0 Å². The molecule has 26 heavy (non-hydrogen) atoms. The Morgan fingerprint density at radius 3 is 2.31 bits per heavy atom. The van der Waals surface area contributed by atoms with Crippen LogP contribution in [0.5, 0.6) is 5.75 Å². The van der Waals surface area contributed by atoms with Crippen molar-refractivity contribution in [3.8, 4) is 5.75 Å². The van der Waals surface area contributed by atoms with E-state index in [0.717, 1.165) is 25.0 Å². The lowest BCUT2D eigenvalue weighted by molar-refractivity contribution is -0.137. The van der Waals surface area contributed by atoms with Crippen molar-refractivity contribution in [2.75, 3.05) is 11.9 Å². The molecule has 0 aromatic heterocycles. The lowest BCUT2D eigenvalue weighted by atomic mass is 10.1. The number of benzene rings is 2. The van der Waals surface area contributed by atoms with E-state index in [1.807, 2.05) is 0 Å². The average Bonchev–Trinajstić information content (AvgIpc) is 2.62. The summed E-state index contributed by atoms with van der Waals surface area (Å²) in [5.41, 5.74) is 0.240. The predicted molar refractivity (Wildman–Crippen MR) is 95.4 cm³/mol. The number of hydrogen-bond donors (Lipinski definition) is 1. The molecule has 2 aromatic carbocycles. The van der Waals surface area contributed by atoms with Crippen LogP contribution in [-0.2, 0) is 6.18 Å². The Labute approximate surface area is 150 Å². The number of alkyl halides is 3. The zero-order valence-electron chi connectivity index (χ0n) is 14.3. The molecule has 0 fully saturated rings. The van der Waals surface area contributed by atoms with Crippen LogP contribution in [0.1, 0.15) is 35.7 Å². The summed E-state index contributed by atoms with van der Waals surface area (Å²) in [6.07, 6.45) is 0.379. The number of hydrogen-bond acceptors (Lipinski definition) is 3. The number of anilines is 1. The van der Waals surface area contributed by atoms with E-state index in [2.05, 4.69) is 12.2 Å². The van der Waals surface area contributed by atoms with Crippen molar-refractivity contribution in [2.45, 2.75) is 25.9 Å². The highest BCUT2D eigenvalue weighted by atomic mass is 19.4. The SMILES string of the molecule is CCCCOc1ccc(C(=O)/C=C/Nc2ccc(C(F)(F)F)cc2)cc1. The third kappa shape index (κ3) is 5.95. The van der Waals surface area contributed by atoms with Crippen LogP contribution in [0.25, 0.3) is 0 Å². The third-order valence-corrected chi connectivity index (χ3v) is 3.60. The molecule has 0 amide bonds. The van der Waals surface area contributed by atoms with Crippen LogP contribution in [0.2, 0.25) is 0 Å². The Kier molecular flexibility index (Phi) is 6.83. The molecule has 0 saturated carbocycles. The highest BCUT2D eigenvalue weighted by Crippen LogP contribution is 2.29. The lowest BCUT2D eigenvalue weighted by Crippen LogP contribution is -2.04. The monoisotopic (exact) mass is 363 g/mol. The van der Waals surface area contributed by atoms with Gasteiger partial charge in [0, 0.05) is 23.5 Å². The maximum atomic E-state index is 12.5. The molecule has 2 rings (SSSR count). The number of rotatable bonds is 8. The van der Waals surface area contributed by atoms with Crippen LogP contribution < -0.4 is 10.1 Å². The van der Waals surface area contributed by atoms with Crippen molar-refractivity contribution in [1.82, 2.24) is 0 Å². The maximum Gasteiger partial charge on any atom is 0.416 e. The van der Waals surface area contributed by atoms with Gasteiger partial charge in [-0.15, -0.1) is 0 Å². The summed E-state index contributed by atoms with van der Waals surface area (Å²) < 4.78 is 43.0. The van der Waals surface area contributed by atoms with Gasteiger partial charge < -0.3 is 10.1 Å². The van der Waals surface area contributed by atoms with Gasteiger partial charge in [0.25, 0.3) is 0 Å². The van der Waals surface area contributed by atoms with Gasteiger partial charge in [-0.2, -0.15) is 13.2 Å². The van der Waals surface area contributed by atoms with Crippen molar-refractivity contribution < 1.29 is 22.7 Å². The zero-order chi connectivity index (χ0) is 19.0. The lowest BCUT2D eigenvalue weighted by Gasteiger charge is -2.07. The zero-order valence-corrected chi connectivity index (χ0v) is 14.3. The second-order valence-electron chi connectivity index (χ2n) is 5.64. The molecule has 0 bridgehead atoms. The number of ether oxygens (including phenoxy) is 1. The molecule has 0 saturated heterocycles. The van der Waals surface area contributed by atoms with E-state index in [-0.39, 0.29) is 5.78 Å². The van der Waals surface area contributed by atoms with Gasteiger partial charge in [0.15, 0.2) is 5.78 Å². The first-order chi connectivity index (χ1) is 12.4. The molecule has 1 N–H and O–H groups in total. The van der Waals surface area contributed by atoms with E-state index >= 15 is 0 Å². The van der Waals surface area contributed by atoms with Crippen molar-refractivity contribution in [2.24, 2.45) is 0 Å². The number of nitrogens with one attached hydrogen (secondary N) is 1. The fourth-order valence-corrected chi connectivity index (χ4v) is 2.12. The third-order valence-electron chi connectivity index (χ3n) is 3.60. The van der Waals surface area contributed by atoms with Gasteiger partial charge in [0.05, 0.1) is 12.2 Å². The van der Waals surface area contributed by atoms with E-state index in [9.17, 15) is 18.0 Å². The summed E-state index contributed by atoms with van der Waals surface area (Å²) in [6.45, 7) is 2.72. The number of ketones is 1. The largest absolute Gasteiger partial charge is 0.494 e. The molecule has 0 radical (unpaired) electrons. The number of unbranched alkanes of at least 4 members (excludes halogenated alkanes) is 1. The molecule has 3 nitrogen and oxygen atoms in total. The summed E-state index contributed by atoms with van der Waals surface area (Å²) in [6, 6.07) is 11.4. The smallest absolute Gasteiger partial charge is 0.416 e. The number of allylic oxidation sites excluding steroid dienone is 1. The molecule has 0 aliphatic rings. The second-order valence-corrected chi connectivity index (χ2v) is 5.64. The van der Waals surface area contributed by atoms with Crippen LogP contribution in [-0.4, -0.2) is 12.4 Å². The van der Waals surface area contributed by atoms with Gasteiger partial charge in [-0.05, 0) is 55.0 Å². The minimum absolute atomic E-state index is 0.218. The number of carbonyl (C=O) groups excluding carboxylic acids is 1. The molecule has 0 spiro atoms. The first kappa shape index (κ1) is 19.6. The van der Waals surface area contributed by atoms with Crippen LogP contribution in [0.15, 0.2) is 60.8 Å². The van der Waals surface area contributed by atoms with Gasteiger partial charge in [0.2, 0.25) is 0 Å². The van der Waals surface area contributed by atoms with Gasteiger partial charge >= 0.3 is 6.18 Å². The first-order valence-electron chi connectivity index (χ1n) is 8.27. The summed E-state index contributed by atoms with van der Waals surface area (Å²) in [5, 5.41) is 2.78. The molecule has 0 atom stereocenters. The van der Waals surface area contributed by atoms with Gasteiger partial charge in [-0.3, -0.25) is 4.79 Å². The Morgan fingerprint density at radius 1 is 1.08 bits per heavy atom. The van der Waals surface area contributed by atoms with Crippen molar-refractivity contribution in [3.05, 3.63) is 71.9 Å². The Morgan fingerprint density at radius 2 is 1.73 bits per heavy atom. The molecule has 2 aromatic rings. The first-order valence-corrected chi connectivity index (χ1v) is 8.27. The van der Waals surface area contributed by atoms with E-state index in [1.165, 1.54) is 24.4 Å². The summed E-state index contributed by atoms with van der Waals surface area (Å²) in [5.74, 6) is 0.492. The Hall–Kier alpha value is -2.76. The molecule has 0 heterocycles. The summed E-state index contributed by atoms with van der Waals surface area (Å²) in [7, 11) is 0. The van der Waals surface area contributed by atoms with Crippen LogP contribution in [0.3, 0.4) is 0 Å². The van der Waals surface area contributed by atoms with E-state index in [4.69, 9.17) is 4.74 Å². The topological polar surface area (TPSA) is 38.3 Å². The molecule has 0 aliphatic heterocycles. The predicted octanol–water partition coefficient (Wildman–Crippen LogP) is 5.69. The summed E-state index contributed by atoms with van der Waals surface area (Å²) in [4.78, 5) is 12.1. The molecule has 0 unspecified atom stereocenters. The average molecular weight is 363 g/mol.